The molecule has 1 unspecified atom stereocenters. The van der Waals surface area contributed by atoms with Crippen LogP contribution < -0.4 is 0 Å². The van der Waals surface area contributed by atoms with Crippen LogP contribution in [0.5, 0.6) is 0 Å². The van der Waals surface area contributed by atoms with Crippen LogP contribution in [0.25, 0.3) is 0 Å². The fourth-order valence-corrected chi connectivity index (χ4v) is 3.35. The highest BCUT2D eigenvalue weighted by Gasteiger charge is 2.28. The standard InChI is InChI=1S/C17H21N3O2/c1-12-15(11-19(2)18-12)16-7-4-8-20(16)10-13-5-3-6-14(9-13)17(21)22/h3,5-6,9,11,16H,4,7-8,10H2,1-2H3,(H,21,22). The Kier molecular flexibility index (Phi) is 3.98. The van der Waals surface area contributed by atoms with Crippen molar-refractivity contribution >= 4 is 5.97 Å². The Bertz CT molecular complexity index is 693. The molecule has 1 atom stereocenters. The lowest BCUT2D eigenvalue weighted by Crippen LogP contribution is -2.23. The van der Waals surface area contributed by atoms with Crippen LogP contribution in [0.1, 0.15) is 46.1 Å². The molecule has 2 aromatic rings. The van der Waals surface area contributed by atoms with Crippen LogP contribution in [0, 0.1) is 6.92 Å². The number of carbonyl (C=O) groups is 1. The molecule has 1 fully saturated rings. The number of rotatable bonds is 4. The summed E-state index contributed by atoms with van der Waals surface area (Å²) >= 11 is 0. The van der Waals surface area contributed by atoms with Crippen LogP contribution in [0.15, 0.2) is 30.5 Å². The highest BCUT2D eigenvalue weighted by Crippen LogP contribution is 2.34. The van der Waals surface area contributed by atoms with Crippen LogP contribution in [-0.4, -0.2) is 32.3 Å². The summed E-state index contributed by atoms with van der Waals surface area (Å²) in [5.74, 6) is -0.872. The molecule has 116 valence electrons. The molecule has 1 saturated heterocycles. The van der Waals surface area contributed by atoms with Gasteiger partial charge in [0.1, 0.15) is 0 Å². The molecule has 1 aromatic heterocycles. The summed E-state index contributed by atoms with van der Waals surface area (Å²) in [6, 6.07) is 7.60. The number of carboxylic acid groups (broad SMARTS) is 1. The summed E-state index contributed by atoms with van der Waals surface area (Å²) in [4.78, 5) is 13.5. The topological polar surface area (TPSA) is 58.4 Å². The molecule has 5 heteroatoms. The summed E-state index contributed by atoms with van der Waals surface area (Å²) in [6.07, 6.45) is 4.40. The largest absolute Gasteiger partial charge is 0.478 e. The maximum absolute atomic E-state index is 11.1. The van der Waals surface area contributed by atoms with Crippen molar-refractivity contribution < 1.29 is 9.90 Å². The van der Waals surface area contributed by atoms with Crippen molar-refractivity contribution in [3.8, 4) is 0 Å². The van der Waals surface area contributed by atoms with Crippen molar-refractivity contribution in [1.82, 2.24) is 14.7 Å². The van der Waals surface area contributed by atoms with Gasteiger partial charge < -0.3 is 5.11 Å². The molecule has 2 heterocycles. The lowest BCUT2D eigenvalue weighted by atomic mass is 10.0. The van der Waals surface area contributed by atoms with Gasteiger partial charge in [-0.1, -0.05) is 12.1 Å². The maximum atomic E-state index is 11.1. The second-order valence-corrected chi connectivity index (χ2v) is 5.98. The molecule has 1 aliphatic rings. The third kappa shape index (κ3) is 2.90. The molecule has 3 rings (SSSR count). The van der Waals surface area contributed by atoms with Gasteiger partial charge in [-0.05, 0) is 44.0 Å². The van der Waals surface area contributed by atoms with Gasteiger partial charge in [-0.15, -0.1) is 0 Å². The Morgan fingerprint density at radius 3 is 2.95 bits per heavy atom. The predicted molar refractivity (Wildman–Crippen MR) is 83.7 cm³/mol. The summed E-state index contributed by atoms with van der Waals surface area (Å²) < 4.78 is 1.87. The van der Waals surface area contributed by atoms with E-state index in [1.165, 1.54) is 5.56 Å². The second-order valence-electron chi connectivity index (χ2n) is 5.98. The molecule has 1 aromatic carbocycles. The maximum Gasteiger partial charge on any atom is 0.335 e. The van der Waals surface area contributed by atoms with E-state index in [9.17, 15) is 4.79 Å². The molecule has 0 saturated carbocycles. The van der Waals surface area contributed by atoms with Crippen LogP contribution >= 0.6 is 0 Å². The first-order chi connectivity index (χ1) is 10.5. The summed E-state index contributed by atoms with van der Waals surface area (Å²) in [7, 11) is 1.95. The lowest BCUT2D eigenvalue weighted by Gasteiger charge is -2.24. The van der Waals surface area contributed by atoms with Crippen molar-refractivity contribution in [2.75, 3.05) is 6.54 Å². The second kappa shape index (κ2) is 5.93. The minimum Gasteiger partial charge on any atom is -0.478 e. The van der Waals surface area contributed by atoms with Crippen LogP contribution in [-0.2, 0) is 13.6 Å². The number of benzene rings is 1. The van der Waals surface area contributed by atoms with E-state index in [1.54, 1.807) is 12.1 Å². The average Bonchev–Trinajstić information content (AvgIpc) is 3.05. The third-order valence-corrected chi connectivity index (χ3v) is 4.33. The minimum atomic E-state index is -0.872. The van der Waals surface area contributed by atoms with Gasteiger partial charge in [-0.25, -0.2) is 4.79 Å². The minimum absolute atomic E-state index is 0.353. The number of hydrogen-bond acceptors (Lipinski definition) is 3. The number of nitrogens with zero attached hydrogens (tertiary/aromatic N) is 3. The molecule has 0 radical (unpaired) electrons. The number of hydrogen-bond donors (Lipinski definition) is 1. The fraction of sp³-hybridized carbons (Fsp3) is 0.412. The van der Waals surface area contributed by atoms with Gasteiger partial charge in [-0.2, -0.15) is 5.10 Å². The summed E-state index contributed by atoms with van der Waals surface area (Å²) in [5.41, 5.74) is 3.77. The first kappa shape index (κ1) is 14.8. The highest BCUT2D eigenvalue weighted by molar-refractivity contribution is 5.87. The Labute approximate surface area is 130 Å². The third-order valence-electron chi connectivity index (χ3n) is 4.33. The van der Waals surface area contributed by atoms with E-state index >= 15 is 0 Å². The Balaban J connectivity index is 1.81. The summed E-state index contributed by atoms with van der Waals surface area (Å²) in [5, 5.41) is 13.6. The quantitative estimate of drug-likeness (QED) is 0.943. The molecular formula is C17H21N3O2. The lowest BCUT2D eigenvalue weighted by molar-refractivity contribution is 0.0696. The fourth-order valence-electron chi connectivity index (χ4n) is 3.35. The molecule has 22 heavy (non-hydrogen) atoms. The zero-order chi connectivity index (χ0) is 15.7. The molecule has 0 aliphatic carbocycles. The molecule has 0 amide bonds. The van der Waals surface area contributed by atoms with Crippen molar-refractivity contribution in [3.63, 3.8) is 0 Å². The van der Waals surface area contributed by atoms with Gasteiger partial charge in [-0.3, -0.25) is 9.58 Å². The first-order valence-electron chi connectivity index (χ1n) is 7.61. The number of aromatic carboxylic acids is 1. The van der Waals surface area contributed by atoms with E-state index in [4.69, 9.17) is 5.11 Å². The molecule has 0 bridgehead atoms. The van der Waals surface area contributed by atoms with Gasteiger partial charge in [0.15, 0.2) is 0 Å². The predicted octanol–water partition coefficient (Wildman–Crippen LogP) is 2.76. The van der Waals surface area contributed by atoms with Gasteiger partial charge in [0.25, 0.3) is 0 Å². The zero-order valence-electron chi connectivity index (χ0n) is 13.0. The molecular weight excluding hydrogens is 278 g/mol. The Morgan fingerprint density at radius 1 is 1.45 bits per heavy atom. The monoisotopic (exact) mass is 299 g/mol. The summed E-state index contributed by atoms with van der Waals surface area (Å²) in [6.45, 7) is 3.87. The molecule has 5 nitrogen and oxygen atoms in total. The van der Waals surface area contributed by atoms with E-state index in [2.05, 4.69) is 23.1 Å². The number of likely N-dealkylation sites (tertiary alicyclic amines) is 1. The molecule has 1 aliphatic heterocycles. The van der Waals surface area contributed by atoms with Crippen LogP contribution in [0.4, 0.5) is 0 Å². The van der Waals surface area contributed by atoms with Crippen molar-refractivity contribution in [3.05, 3.63) is 52.8 Å². The van der Waals surface area contributed by atoms with E-state index in [1.807, 2.05) is 23.9 Å². The van der Waals surface area contributed by atoms with Gasteiger partial charge in [0.05, 0.1) is 11.3 Å². The zero-order valence-corrected chi connectivity index (χ0v) is 13.0. The average molecular weight is 299 g/mol. The number of aromatic nitrogens is 2. The highest BCUT2D eigenvalue weighted by atomic mass is 16.4. The van der Waals surface area contributed by atoms with Gasteiger partial charge >= 0.3 is 5.97 Å². The first-order valence-corrected chi connectivity index (χ1v) is 7.61. The van der Waals surface area contributed by atoms with Crippen LogP contribution in [0.2, 0.25) is 0 Å². The van der Waals surface area contributed by atoms with E-state index in [-0.39, 0.29) is 0 Å². The smallest absolute Gasteiger partial charge is 0.335 e. The SMILES string of the molecule is Cc1nn(C)cc1C1CCCN1Cc1cccc(C(=O)O)c1. The van der Waals surface area contributed by atoms with Crippen LogP contribution in [0.3, 0.4) is 0 Å². The number of carboxylic acids is 1. The van der Waals surface area contributed by atoms with E-state index < -0.39 is 5.97 Å². The Morgan fingerprint density at radius 2 is 2.27 bits per heavy atom. The van der Waals surface area contributed by atoms with Gasteiger partial charge in [0, 0.05) is 31.4 Å². The van der Waals surface area contributed by atoms with Crippen molar-refractivity contribution in [1.29, 1.82) is 0 Å². The van der Waals surface area contributed by atoms with E-state index in [0.29, 0.717) is 11.6 Å². The normalized spacial score (nSPS) is 18.7. The molecule has 0 spiro atoms. The number of aryl methyl sites for hydroxylation is 2. The van der Waals surface area contributed by atoms with Crippen molar-refractivity contribution in [2.24, 2.45) is 7.05 Å². The molecule has 1 N–H and O–H groups in total. The van der Waals surface area contributed by atoms with Gasteiger partial charge in [0.2, 0.25) is 0 Å². The van der Waals surface area contributed by atoms with E-state index in [0.717, 1.165) is 37.2 Å². The van der Waals surface area contributed by atoms with Crippen molar-refractivity contribution in [2.45, 2.75) is 32.4 Å². The Hall–Kier alpha value is -2.14.